The van der Waals surface area contributed by atoms with Crippen LogP contribution < -0.4 is 16.4 Å². The van der Waals surface area contributed by atoms with E-state index >= 15 is 0 Å². The smallest absolute Gasteiger partial charge is 0.312 e. The van der Waals surface area contributed by atoms with Crippen molar-refractivity contribution in [1.29, 1.82) is 0 Å². The standard InChI is InChI=1S/C16H21Cl2N3O4/c1-10(15(23)21-13-7-6-11(17)9-12(13)18)25-14(22)5-3-2-4-8-20-16(19)24/h6-7,9-10H,2-5,8H2,1H3,(H,21,23)(H3,19,20,24)/t10-/m0/s1. The third-order valence-corrected chi connectivity index (χ3v) is 3.77. The van der Waals surface area contributed by atoms with Crippen LogP contribution in [0, 0.1) is 0 Å². The lowest BCUT2D eigenvalue weighted by Gasteiger charge is -2.14. The van der Waals surface area contributed by atoms with Gasteiger partial charge >= 0.3 is 12.0 Å². The Kier molecular flexibility index (Phi) is 9.08. The molecule has 3 amide bonds. The van der Waals surface area contributed by atoms with Crippen LogP contribution in [0.2, 0.25) is 10.0 Å². The number of carbonyl (C=O) groups is 3. The van der Waals surface area contributed by atoms with Gasteiger partial charge in [-0.2, -0.15) is 0 Å². The molecule has 1 rings (SSSR count). The van der Waals surface area contributed by atoms with E-state index in [1.54, 1.807) is 12.1 Å². The molecule has 9 heteroatoms. The number of hydrogen-bond acceptors (Lipinski definition) is 4. The Balaban J connectivity index is 2.29. The summed E-state index contributed by atoms with van der Waals surface area (Å²) < 4.78 is 5.08. The molecule has 25 heavy (non-hydrogen) atoms. The number of halogens is 2. The molecule has 0 aliphatic carbocycles. The zero-order chi connectivity index (χ0) is 18.8. The molecular weight excluding hydrogens is 369 g/mol. The number of primary amides is 1. The van der Waals surface area contributed by atoms with Crippen LogP contribution in [0.25, 0.3) is 0 Å². The minimum absolute atomic E-state index is 0.190. The lowest BCUT2D eigenvalue weighted by Crippen LogP contribution is -2.30. The molecule has 0 aromatic heterocycles. The third-order valence-electron chi connectivity index (χ3n) is 3.22. The first-order valence-corrected chi connectivity index (χ1v) is 8.54. The Morgan fingerprint density at radius 1 is 1.20 bits per heavy atom. The van der Waals surface area contributed by atoms with E-state index in [4.69, 9.17) is 33.7 Å². The molecule has 7 nitrogen and oxygen atoms in total. The second kappa shape index (κ2) is 10.8. The first kappa shape index (κ1) is 21.1. The summed E-state index contributed by atoms with van der Waals surface area (Å²) in [6.07, 6.45) is 1.28. The quantitative estimate of drug-likeness (QED) is 0.444. The van der Waals surface area contributed by atoms with E-state index in [1.807, 2.05) is 0 Å². The average Bonchev–Trinajstić information content (AvgIpc) is 2.52. The van der Waals surface area contributed by atoms with Crippen molar-refractivity contribution in [3.05, 3.63) is 28.2 Å². The number of benzene rings is 1. The van der Waals surface area contributed by atoms with E-state index in [9.17, 15) is 14.4 Å². The first-order chi connectivity index (χ1) is 11.8. The number of unbranched alkanes of at least 4 members (excludes halogenated alkanes) is 2. The van der Waals surface area contributed by atoms with Gasteiger partial charge in [-0.3, -0.25) is 9.59 Å². The molecule has 0 spiro atoms. The topological polar surface area (TPSA) is 111 Å². The van der Waals surface area contributed by atoms with Gasteiger partial charge in [-0.25, -0.2) is 4.79 Å². The maximum atomic E-state index is 12.0. The summed E-state index contributed by atoms with van der Waals surface area (Å²) in [6.45, 7) is 1.94. The molecule has 0 saturated heterocycles. The number of carbonyl (C=O) groups excluding carboxylic acids is 3. The molecule has 1 aromatic rings. The van der Waals surface area contributed by atoms with Crippen molar-refractivity contribution in [1.82, 2.24) is 5.32 Å². The molecule has 0 aliphatic rings. The van der Waals surface area contributed by atoms with E-state index in [0.29, 0.717) is 35.1 Å². The van der Waals surface area contributed by atoms with Crippen LogP contribution in [0.5, 0.6) is 0 Å². The Labute approximate surface area is 156 Å². The average molecular weight is 390 g/mol. The number of esters is 1. The van der Waals surface area contributed by atoms with Gasteiger partial charge < -0.3 is 21.1 Å². The molecule has 4 N–H and O–H groups in total. The largest absolute Gasteiger partial charge is 0.453 e. The van der Waals surface area contributed by atoms with Crippen LogP contribution in [0.15, 0.2) is 18.2 Å². The highest BCUT2D eigenvalue weighted by molar-refractivity contribution is 6.36. The maximum Gasteiger partial charge on any atom is 0.312 e. The number of nitrogens with one attached hydrogen (secondary N) is 2. The number of rotatable bonds is 9. The Morgan fingerprint density at radius 3 is 2.56 bits per heavy atom. The predicted molar refractivity (Wildman–Crippen MR) is 96.7 cm³/mol. The van der Waals surface area contributed by atoms with E-state index in [0.717, 1.165) is 6.42 Å². The van der Waals surface area contributed by atoms with Crippen molar-refractivity contribution in [2.24, 2.45) is 5.73 Å². The Bertz CT molecular complexity index is 625. The van der Waals surface area contributed by atoms with Crippen molar-refractivity contribution in [3.63, 3.8) is 0 Å². The summed E-state index contributed by atoms with van der Waals surface area (Å²) in [5.74, 6) is -0.948. The van der Waals surface area contributed by atoms with Gasteiger partial charge in [0.1, 0.15) is 0 Å². The van der Waals surface area contributed by atoms with Crippen molar-refractivity contribution in [2.75, 3.05) is 11.9 Å². The van der Waals surface area contributed by atoms with Crippen molar-refractivity contribution >= 4 is 46.8 Å². The van der Waals surface area contributed by atoms with Crippen LogP contribution in [-0.4, -0.2) is 30.6 Å². The van der Waals surface area contributed by atoms with Crippen molar-refractivity contribution in [3.8, 4) is 0 Å². The lowest BCUT2D eigenvalue weighted by molar-refractivity contribution is -0.153. The number of hydrogen-bond donors (Lipinski definition) is 3. The zero-order valence-corrected chi connectivity index (χ0v) is 15.3. The molecule has 0 heterocycles. The molecule has 0 unspecified atom stereocenters. The van der Waals surface area contributed by atoms with Gasteiger partial charge in [0.2, 0.25) is 0 Å². The van der Waals surface area contributed by atoms with Crippen LogP contribution in [-0.2, 0) is 14.3 Å². The third kappa shape index (κ3) is 8.60. The fourth-order valence-electron chi connectivity index (χ4n) is 1.92. The summed E-state index contributed by atoms with van der Waals surface area (Å²) in [6, 6.07) is 4.09. The molecule has 138 valence electrons. The summed E-state index contributed by atoms with van der Waals surface area (Å²) in [5.41, 5.74) is 5.32. The highest BCUT2D eigenvalue weighted by Gasteiger charge is 2.18. The Hall–Kier alpha value is -1.99. The SMILES string of the molecule is C[C@H](OC(=O)CCCCCNC(N)=O)C(=O)Nc1ccc(Cl)cc1Cl. The van der Waals surface area contributed by atoms with Gasteiger partial charge in [0.05, 0.1) is 10.7 Å². The monoisotopic (exact) mass is 389 g/mol. The van der Waals surface area contributed by atoms with Crippen LogP contribution in [0.1, 0.15) is 32.6 Å². The minimum atomic E-state index is -0.948. The van der Waals surface area contributed by atoms with E-state index < -0.39 is 24.0 Å². The van der Waals surface area contributed by atoms with Crippen LogP contribution >= 0.6 is 23.2 Å². The predicted octanol–water partition coefficient (Wildman–Crippen LogP) is 3.09. The minimum Gasteiger partial charge on any atom is -0.453 e. The molecule has 0 bridgehead atoms. The van der Waals surface area contributed by atoms with Crippen LogP contribution in [0.3, 0.4) is 0 Å². The highest BCUT2D eigenvalue weighted by Crippen LogP contribution is 2.25. The number of nitrogens with two attached hydrogens (primary N) is 1. The molecule has 1 aromatic carbocycles. The number of ether oxygens (including phenoxy) is 1. The van der Waals surface area contributed by atoms with Gasteiger partial charge in [-0.15, -0.1) is 0 Å². The Morgan fingerprint density at radius 2 is 1.92 bits per heavy atom. The van der Waals surface area contributed by atoms with Crippen molar-refractivity contribution in [2.45, 2.75) is 38.7 Å². The summed E-state index contributed by atoms with van der Waals surface area (Å²) in [7, 11) is 0. The van der Waals surface area contributed by atoms with Gasteiger partial charge in [0, 0.05) is 18.0 Å². The fraction of sp³-hybridized carbons (Fsp3) is 0.438. The normalized spacial score (nSPS) is 11.5. The molecule has 0 radical (unpaired) electrons. The number of urea groups is 1. The second-order valence-electron chi connectivity index (χ2n) is 5.35. The van der Waals surface area contributed by atoms with Crippen molar-refractivity contribution < 1.29 is 19.1 Å². The molecule has 0 aliphatic heterocycles. The lowest BCUT2D eigenvalue weighted by atomic mass is 10.2. The molecule has 1 atom stereocenters. The fourth-order valence-corrected chi connectivity index (χ4v) is 2.37. The summed E-state index contributed by atoms with van der Waals surface area (Å²) in [4.78, 5) is 34.2. The highest BCUT2D eigenvalue weighted by atomic mass is 35.5. The van der Waals surface area contributed by atoms with E-state index in [1.165, 1.54) is 13.0 Å². The second-order valence-corrected chi connectivity index (χ2v) is 6.19. The van der Waals surface area contributed by atoms with Crippen LogP contribution in [0.4, 0.5) is 10.5 Å². The summed E-state index contributed by atoms with van der Waals surface area (Å²) >= 11 is 11.8. The van der Waals surface area contributed by atoms with E-state index in [-0.39, 0.29) is 6.42 Å². The zero-order valence-electron chi connectivity index (χ0n) is 13.8. The maximum absolute atomic E-state index is 12.0. The molecular formula is C16H21Cl2N3O4. The summed E-state index contributed by atoms with van der Waals surface area (Å²) in [5, 5.41) is 5.79. The first-order valence-electron chi connectivity index (χ1n) is 7.78. The molecule has 0 saturated carbocycles. The number of amides is 3. The number of anilines is 1. The van der Waals surface area contributed by atoms with E-state index in [2.05, 4.69) is 10.6 Å². The van der Waals surface area contributed by atoms with Gasteiger partial charge in [-0.05, 0) is 38.0 Å². The van der Waals surface area contributed by atoms with Gasteiger partial charge in [0.15, 0.2) is 6.10 Å². The van der Waals surface area contributed by atoms with Gasteiger partial charge in [0.25, 0.3) is 5.91 Å². The molecule has 0 fully saturated rings. The van der Waals surface area contributed by atoms with Gasteiger partial charge in [-0.1, -0.05) is 29.6 Å².